The topological polar surface area (TPSA) is 65.2 Å². The second-order valence-electron chi connectivity index (χ2n) is 6.92. The van der Waals surface area contributed by atoms with Crippen molar-refractivity contribution in [2.24, 2.45) is 11.8 Å². The number of nitrogens with one attached hydrogen (secondary N) is 2. The highest BCUT2D eigenvalue weighted by Crippen LogP contribution is 2.23. The van der Waals surface area contributed by atoms with Crippen molar-refractivity contribution >= 4 is 21.1 Å². The van der Waals surface area contributed by atoms with Gasteiger partial charge in [0.1, 0.15) is 5.82 Å². The Kier molecular flexibility index (Phi) is 4.94. The number of benzene rings is 1. The molecular weight excluding hydrogens is 329 g/mol. The highest BCUT2D eigenvalue weighted by molar-refractivity contribution is 7.87. The zero-order chi connectivity index (χ0) is 17.3. The van der Waals surface area contributed by atoms with E-state index < -0.39 is 10.2 Å². The van der Waals surface area contributed by atoms with Crippen LogP contribution in [0.25, 0.3) is 10.9 Å². The van der Waals surface area contributed by atoms with Crippen LogP contribution in [0.1, 0.15) is 25.8 Å². The number of halogens is 1. The number of rotatable bonds is 5. The molecule has 0 amide bonds. The van der Waals surface area contributed by atoms with E-state index >= 15 is 0 Å². The minimum atomic E-state index is -3.46. The third-order valence-corrected chi connectivity index (χ3v) is 6.13. The highest BCUT2D eigenvalue weighted by atomic mass is 32.2. The Morgan fingerprint density at radius 3 is 2.71 bits per heavy atom. The molecule has 24 heavy (non-hydrogen) atoms. The number of fused-ring (bicyclic) bond motifs is 1. The molecule has 1 aromatic heterocycles. The molecular formula is C17H24FN3O2S. The van der Waals surface area contributed by atoms with Gasteiger partial charge in [0.15, 0.2) is 0 Å². The van der Waals surface area contributed by atoms with Gasteiger partial charge in [-0.05, 0) is 48.4 Å². The summed E-state index contributed by atoms with van der Waals surface area (Å²) in [6, 6.07) is 4.57. The highest BCUT2D eigenvalue weighted by Gasteiger charge is 2.30. The second-order valence-corrected chi connectivity index (χ2v) is 8.67. The van der Waals surface area contributed by atoms with E-state index in [-0.39, 0.29) is 5.82 Å². The number of nitrogens with zero attached hydrogens (tertiary/aromatic N) is 1. The van der Waals surface area contributed by atoms with E-state index in [1.165, 1.54) is 12.1 Å². The fourth-order valence-corrected chi connectivity index (χ4v) is 5.01. The van der Waals surface area contributed by atoms with Crippen molar-refractivity contribution in [1.82, 2.24) is 14.0 Å². The summed E-state index contributed by atoms with van der Waals surface area (Å²) in [5.74, 6) is 0.462. The first-order chi connectivity index (χ1) is 11.3. The normalized spacial score (nSPS) is 23.0. The summed E-state index contributed by atoms with van der Waals surface area (Å²) in [5.41, 5.74) is 1.76. The maximum absolute atomic E-state index is 13.4. The van der Waals surface area contributed by atoms with Crippen molar-refractivity contribution in [1.29, 1.82) is 0 Å². The number of piperidine rings is 1. The molecule has 0 unspecified atom stereocenters. The summed E-state index contributed by atoms with van der Waals surface area (Å²) < 4.78 is 42.5. The van der Waals surface area contributed by atoms with Gasteiger partial charge in [-0.1, -0.05) is 13.8 Å². The van der Waals surface area contributed by atoms with Gasteiger partial charge in [0.05, 0.1) is 0 Å². The van der Waals surface area contributed by atoms with Crippen LogP contribution in [0.2, 0.25) is 0 Å². The fraction of sp³-hybridized carbons (Fsp3) is 0.529. The molecule has 5 nitrogen and oxygen atoms in total. The SMILES string of the molecule is C[C@@H]1C[C@@H](C)CN(S(=O)(=O)NCCc2c[nH]c3ccc(F)cc23)C1. The average Bonchev–Trinajstić information content (AvgIpc) is 2.88. The van der Waals surface area contributed by atoms with E-state index in [1.807, 2.05) is 6.20 Å². The van der Waals surface area contributed by atoms with Crippen LogP contribution in [0.3, 0.4) is 0 Å². The first kappa shape index (κ1) is 17.4. The maximum Gasteiger partial charge on any atom is 0.279 e. The molecule has 1 saturated heterocycles. The Bertz CT molecular complexity index is 808. The largest absolute Gasteiger partial charge is 0.361 e. The van der Waals surface area contributed by atoms with Gasteiger partial charge in [-0.15, -0.1) is 0 Å². The van der Waals surface area contributed by atoms with Crippen LogP contribution in [0, 0.1) is 17.7 Å². The monoisotopic (exact) mass is 353 g/mol. The van der Waals surface area contributed by atoms with Gasteiger partial charge in [0.2, 0.25) is 0 Å². The quantitative estimate of drug-likeness (QED) is 0.868. The molecule has 3 rings (SSSR count). The zero-order valence-corrected chi connectivity index (χ0v) is 14.9. The average molecular weight is 353 g/mol. The summed E-state index contributed by atoms with van der Waals surface area (Å²) in [6.45, 7) is 5.60. The van der Waals surface area contributed by atoms with E-state index in [2.05, 4.69) is 23.6 Å². The van der Waals surface area contributed by atoms with Gasteiger partial charge in [0, 0.05) is 36.7 Å². The molecule has 0 radical (unpaired) electrons. The van der Waals surface area contributed by atoms with Gasteiger partial charge >= 0.3 is 0 Å². The lowest BCUT2D eigenvalue weighted by Gasteiger charge is -2.33. The molecule has 1 aliphatic rings. The number of aromatic nitrogens is 1. The minimum absolute atomic E-state index is 0.291. The lowest BCUT2D eigenvalue weighted by molar-refractivity contribution is 0.220. The molecule has 0 spiro atoms. The minimum Gasteiger partial charge on any atom is -0.361 e. The maximum atomic E-state index is 13.4. The number of hydrogen-bond donors (Lipinski definition) is 2. The van der Waals surface area contributed by atoms with Gasteiger partial charge in [-0.3, -0.25) is 0 Å². The smallest absolute Gasteiger partial charge is 0.279 e. The Morgan fingerprint density at radius 2 is 2.00 bits per heavy atom. The molecule has 2 heterocycles. The lowest BCUT2D eigenvalue weighted by Crippen LogP contribution is -2.48. The van der Waals surface area contributed by atoms with Gasteiger partial charge in [0.25, 0.3) is 10.2 Å². The van der Waals surface area contributed by atoms with E-state index in [4.69, 9.17) is 0 Å². The van der Waals surface area contributed by atoms with Crippen LogP contribution in [-0.4, -0.2) is 37.3 Å². The van der Waals surface area contributed by atoms with Crippen molar-refractivity contribution < 1.29 is 12.8 Å². The molecule has 0 saturated carbocycles. The Morgan fingerprint density at radius 1 is 1.29 bits per heavy atom. The third-order valence-electron chi connectivity index (χ3n) is 4.58. The molecule has 2 aromatic rings. The predicted molar refractivity (Wildman–Crippen MR) is 93.4 cm³/mol. The van der Waals surface area contributed by atoms with Crippen LogP contribution >= 0.6 is 0 Å². The molecule has 2 N–H and O–H groups in total. The van der Waals surface area contributed by atoms with Crippen molar-refractivity contribution in [2.75, 3.05) is 19.6 Å². The Hall–Kier alpha value is -1.44. The molecule has 132 valence electrons. The van der Waals surface area contributed by atoms with Crippen LogP contribution in [0.15, 0.2) is 24.4 Å². The van der Waals surface area contributed by atoms with Crippen molar-refractivity contribution in [3.63, 3.8) is 0 Å². The Labute approximate surface area is 142 Å². The lowest BCUT2D eigenvalue weighted by atomic mass is 9.94. The van der Waals surface area contributed by atoms with Gasteiger partial charge in [-0.25, -0.2) is 9.11 Å². The molecule has 1 aromatic carbocycles. The molecule has 0 bridgehead atoms. The summed E-state index contributed by atoms with van der Waals surface area (Å²) in [6.07, 6.45) is 3.39. The van der Waals surface area contributed by atoms with E-state index in [9.17, 15) is 12.8 Å². The summed E-state index contributed by atoms with van der Waals surface area (Å²) in [4.78, 5) is 3.08. The molecule has 1 aliphatic heterocycles. The van der Waals surface area contributed by atoms with Crippen LogP contribution in [0.4, 0.5) is 4.39 Å². The van der Waals surface area contributed by atoms with Crippen LogP contribution in [-0.2, 0) is 16.6 Å². The zero-order valence-electron chi connectivity index (χ0n) is 14.0. The van der Waals surface area contributed by atoms with Gasteiger partial charge < -0.3 is 4.98 Å². The number of H-pyrrole nitrogens is 1. The van der Waals surface area contributed by atoms with Crippen molar-refractivity contribution in [3.8, 4) is 0 Å². The standard InChI is InChI=1S/C17H24FN3O2S/c1-12-7-13(2)11-21(10-12)24(22,23)20-6-5-14-9-19-17-4-3-15(18)8-16(14)17/h3-4,8-9,12-13,19-20H,5-7,10-11H2,1-2H3/t12-,13-/m1/s1. The fourth-order valence-electron chi connectivity index (χ4n) is 3.57. The molecule has 7 heteroatoms. The van der Waals surface area contributed by atoms with Crippen LogP contribution < -0.4 is 4.72 Å². The Balaban J connectivity index is 1.63. The predicted octanol–water partition coefficient (Wildman–Crippen LogP) is 2.66. The van der Waals surface area contributed by atoms with E-state index in [1.54, 1.807) is 10.4 Å². The van der Waals surface area contributed by atoms with Crippen molar-refractivity contribution in [2.45, 2.75) is 26.7 Å². The first-order valence-electron chi connectivity index (χ1n) is 8.35. The number of hydrogen-bond acceptors (Lipinski definition) is 2. The second kappa shape index (κ2) is 6.82. The molecule has 1 fully saturated rings. The van der Waals surface area contributed by atoms with Gasteiger partial charge in [-0.2, -0.15) is 12.7 Å². The van der Waals surface area contributed by atoms with Crippen LogP contribution in [0.5, 0.6) is 0 Å². The first-order valence-corrected chi connectivity index (χ1v) is 9.79. The summed E-state index contributed by atoms with van der Waals surface area (Å²) in [5, 5.41) is 0.800. The molecule has 2 atom stereocenters. The summed E-state index contributed by atoms with van der Waals surface area (Å²) >= 11 is 0. The van der Waals surface area contributed by atoms with E-state index in [0.717, 1.165) is 22.9 Å². The third kappa shape index (κ3) is 3.79. The number of aromatic amines is 1. The molecule has 0 aliphatic carbocycles. The van der Waals surface area contributed by atoms with Crippen molar-refractivity contribution in [3.05, 3.63) is 35.8 Å². The van der Waals surface area contributed by atoms with E-state index in [0.29, 0.717) is 37.9 Å². The summed E-state index contributed by atoms with van der Waals surface area (Å²) in [7, 11) is -3.46.